The molecule has 0 radical (unpaired) electrons. The number of benzene rings is 2. The molecule has 2 aromatic carbocycles. The number of anilines is 1. The molecular formula is C25H29NO6. The monoisotopic (exact) mass is 439 g/mol. The van der Waals surface area contributed by atoms with Gasteiger partial charge in [0.05, 0.1) is 38.7 Å². The zero-order valence-corrected chi connectivity index (χ0v) is 18.8. The number of hydrogen-bond acceptors (Lipinski definition) is 7. The summed E-state index contributed by atoms with van der Waals surface area (Å²) in [5.41, 5.74) is 2.77. The summed E-state index contributed by atoms with van der Waals surface area (Å²) < 4.78 is 21.6. The summed E-state index contributed by atoms with van der Waals surface area (Å²) >= 11 is 0. The molecule has 1 aliphatic heterocycles. The third kappa shape index (κ3) is 5.29. The molecule has 0 N–H and O–H groups in total. The van der Waals surface area contributed by atoms with Crippen LogP contribution in [-0.2, 0) is 23.8 Å². The van der Waals surface area contributed by atoms with Gasteiger partial charge < -0.3 is 23.8 Å². The van der Waals surface area contributed by atoms with Gasteiger partial charge in [0.25, 0.3) is 0 Å². The number of methoxy groups -OCH3 is 2. The van der Waals surface area contributed by atoms with Crippen LogP contribution in [0.1, 0.15) is 26.2 Å². The minimum Gasteiger partial charge on any atom is -0.491 e. The van der Waals surface area contributed by atoms with Gasteiger partial charge in [-0.1, -0.05) is 56.2 Å². The predicted octanol–water partition coefficient (Wildman–Crippen LogP) is 4.32. The van der Waals surface area contributed by atoms with Crippen LogP contribution in [-0.4, -0.2) is 46.1 Å². The summed E-state index contributed by atoms with van der Waals surface area (Å²) in [6.07, 6.45) is 3.06. The van der Waals surface area contributed by atoms with Crippen molar-refractivity contribution in [2.45, 2.75) is 26.2 Å². The van der Waals surface area contributed by atoms with Crippen molar-refractivity contribution in [2.24, 2.45) is 0 Å². The van der Waals surface area contributed by atoms with Crippen LogP contribution in [0, 0.1) is 0 Å². The number of unbranched alkanes of at least 4 members (excludes halogenated alkanes) is 2. The van der Waals surface area contributed by atoms with Gasteiger partial charge in [0.15, 0.2) is 0 Å². The maximum atomic E-state index is 12.7. The largest absolute Gasteiger partial charge is 0.491 e. The summed E-state index contributed by atoms with van der Waals surface area (Å²) in [5, 5.41) is 0. The number of carbonyl (C=O) groups is 2. The van der Waals surface area contributed by atoms with Crippen molar-refractivity contribution in [3.8, 4) is 16.9 Å². The molecule has 1 heterocycles. The number of hydrogen-bond donors (Lipinski definition) is 0. The van der Waals surface area contributed by atoms with Gasteiger partial charge in [0, 0.05) is 0 Å². The summed E-state index contributed by atoms with van der Waals surface area (Å²) in [5.74, 6) is -0.688. The summed E-state index contributed by atoms with van der Waals surface area (Å²) in [6.45, 7) is 2.70. The minimum absolute atomic E-state index is 0.0430. The van der Waals surface area contributed by atoms with E-state index in [4.69, 9.17) is 18.9 Å². The Hall–Kier alpha value is -3.32. The molecule has 170 valence electrons. The molecule has 0 amide bonds. The fourth-order valence-electron chi connectivity index (χ4n) is 3.53. The first-order chi connectivity index (χ1) is 15.6. The number of esters is 2. The maximum absolute atomic E-state index is 12.7. The number of rotatable bonds is 9. The molecule has 0 fully saturated rings. The molecule has 32 heavy (non-hydrogen) atoms. The van der Waals surface area contributed by atoms with Gasteiger partial charge in [0.1, 0.15) is 18.2 Å². The first-order valence-corrected chi connectivity index (χ1v) is 10.7. The minimum atomic E-state index is -0.643. The fourth-order valence-corrected chi connectivity index (χ4v) is 3.53. The molecule has 0 aromatic heterocycles. The topological polar surface area (TPSA) is 74.3 Å². The van der Waals surface area contributed by atoms with E-state index in [0.29, 0.717) is 18.0 Å². The standard InChI is InChI=1S/C25H29NO6/c1-4-5-9-14-32-22-13-12-19(18-10-7-6-8-11-18)15-21(22)26-17-31-16-20(24(27)29-2)23(26)25(28)30-3/h6-8,10-13,15H,4-5,9,14,16-17H2,1-3H3. The molecular weight excluding hydrogens is 410 g/mol. The first-order valence-electron chi connectivity index (χ1n) is 10.7. The van der Waals surface area contributed by atoms with Crippen LogP contribution in [0.25, 0.3) is 11.1 Å². The van der Waals surface area contributed by atoms with Crippen LogP contribution in [0.3, 0.4) is 0 Å². The smallest absolute Gasteiger partial charge is 0.355 e. The first kappa shape index (κ1) is 23.3. The highest BCUT2D eigenvalue weighted by molar-refractivity contribution is 6.03. The van der Waals surface area contributed by atoms with E-state index in [1.54, 1.807) is 4.90 Å². The molecule has 0 unspecified atom stereocenters. The molecule has 0 spiro atoms. The van der Waals surface area contributed by atoms with Gasteiger partial charge in [-0.15, -0.1) is 0 Å². The molecule has 2 aromatic rings. The van der Waals surface area contributed by atoms with Crippen LogP contribution in [0.15, 0.2) is 59.8 Å². The van der Waals surface area contributed by atoms with E-state index >= 15 is 0 Å². The Labute approximate surface area is 188 Å². The maximum Gasteiger partial charge on any atom is 0.355 e. The van der Waals surface area contributed by atoms with Gasteiger partial charge in [0.2, 0.25) is 0 Å². The van der Waals surface area contributed by atoms with E-state index in [1.165, 1.54) is 14.2 Å². The third-order valence-corrected chi connectivity index (χ3v) is 5.20. The van der Waals surface area contributed by atoms with Crippen molar-refractivity contribution in [3.63, 3.8) is 0 Å². The second kappa shape index (κ2) is 11.3. The third-order valence-electron chi connectivity index (χ3n) is 5.20. The molecule has 0 bridgehead atoms. The average molecular weight is 440 g/mol. The van der Waals surface area contributed by atoms with Gasteiger partial charge >= 0.3 is 11.9 Å². The number of carbonyl (C=O) groups excluding carboxylic acids is 2. The van der Waals surface area contributed by atoms with E-state index in [9.17, 15) is 9.59 Å². The van der Waals surface area contributed by atoms with E-state index in [1.807, 2.05) is 48.5 Å². The van der Waals surface area contributed by atoms with Crippen molar-refractivity contribution >= 4 is 17.6 Å². The van der Waals surface area contributed by atoms with Gasteiger partial charge in [-0.3, -0.25) is 0 Å². The highest BCUT2D eigenvalue weighted by Crippen LogP contribution is 2.37. The Morgan fingerprint density at radius 1 is 0.969 bits per heavy atom. The van der Waals surface area contributed by atoms with Gasteiger partial charge in [-0.05, 0) is 29.7 Å². The van der Waals surface area contributed by atoms with Crippen molar-refractivity contribution in [2.75, 3.05) is 39.1 Å². The summed E-state index contributed by atoms with van der Waals surface area (Å²) in [6, 6.07) is 15.7. The fraction of sp³-hybridized carbons (Fsp3) is 0.360. The van der Waals surface area contributed by atoms with Crippen molar-refractivity contribution < 1.29 is 28.5 Å². The summed E-state index contributed by atoms with van der Waals surface area (Å²) in [7, 11) is 2.54. The SMILES string of the molecule is CCCCCOc1ccc(-c2ccccc2)cc1N1COCC(C(=O)OC)=C1C(=O)OC. The van der Waals surface area contributed by atoms with E-state index < -0.39 is 11.9 Å². The van der Waals surface area contributed by atoms with Crippen LogP contribution in [0.5, 0.6) is 5.75 Å². The van der Waals surface area contributed by atoms with Crippen molar-refractivity contribution in [1.29, 1.82) is 0 Å². The van der Waals surface area contributed by atoms with Crippen LogP contribution in [0.4, 0.5) is 5.69 Å². The lowest BCUT2D eigenvalue weighted by Gasteiger charge is -2.32. The Morgan fingerprint density at radius 2 is 1.72 bits per heavy atom. The number of ether oxygens (including phenoxy) is 4. The Morgan fingerprint density at radius 3 is 2.41 bits per heavy atom. The molecule has 0 aliphatic carbocycles. The molecule has 3 rings (SSSR count). The molecule has 0 atom stereocenters. The molecule has 1 aliphatic rings. The van der Waals surface area contributed by atoms with E-state index in [0.717, 1.165) is 30.4 Å². The highest BCUT2D eigenvalue weighted by Gasteiger charge is 2.33. The highest BCUT2D eigenvalue weighted by atomic mass is 16.5. The number of nitrogens with zero attached hydrogens (tertiary/aromatic N) is 1. The average Bonchev–Trinajstić information content (AvgIpc) is 2.85. The van der Waals surface area contributed by atoms with Crippen LogP contribution < -0.4 is 9.64 Å². The summed E-state index contributed by atoms with van der Waals surface area (Å²) in [4.78, 5) is 26.7. The second-order valence-corrected chi connectivity index (χ2v) is 7.32. The molecule has 7 heteroatoms. The Bertz CT molecular complexity index is 970. The zero-order valence-electron chi connectivity index (χ0n) is 18.8. The van der Waals surface area contributed by atoms with Gasteiger partial charge in [-0.2, -0.15) is 0 Å². The Kier molecular flexibility index (Phi) is 8.27. The van der Waals surface area contributed by atoms with Crippen molar-refractivity contribution in [3.05, 3.63) is 59.8 Å². The quantitative estimate of drug-likeness (QED) is 0.426. The molecule has 7 nitrogen and oxygen atoms in total. The predicted molar refractivity (Wildman–Crippen MR) is 121 cm³/mol. The lowest BCUT2D eigenvalue weighted by Crippen LogP contribution is -2.39. The normalized spacial score (nSPS) is 13.7. The molecule has 0 saturated carbocycles. The van der Waals surface area contributed by atoms with Crippen molar-refractivity contribution in [1.82, 2.24) is 0 Å². The second-order valence-electron chi connectivity index (χ2n) is 7.32. The zero-order chi connectivity index (χ0) is 22.9. The van der Waals surface area contributed by atoms with Crippen LogP contribution in [0.2, 0.25) is 0 Å². The van der Waals surface area contributed by atoms with Crippen LogP contribution >= 0.6 is 0 Å². The molecule has 0 saturated heterocycles. The van der Waals surface area contributed by atoms with E-state index in [2.05, 4.69) is 6.92 Å². The lowest BCUT2D eigenvalue weighted by molar-refractivity contribution is -0.140. The van der Waals surface area contributed by atoms with Gasteiger partial charge in [-0.25, -0.2) is 9.59 Å². The lowest BCUT2D eigenvalue weighted by atomic mass is 10.0. The van der Waals surface area contributed by atoms with E-state index in [-0.39, 0.29) is 24.6 Å². The Balaban J connectivity index is 2.10.